The second-order valence-electron chi connectivity index (χ2n) is 9.72. The van der Waals surface area contributed by atoms with Crippen molar-refractivity contribution in [3.8, 4) is 6.07 Å². The van der Waals surface area contributed by atoms with Crippen molar-refractivity contribution in [1.29, 1.82) is 5.26 Å². The number of ether oxygens (including phenoxy) is 1. The molecule has 1 fully saturated rings. The van der Waals surface area contributed by atoms with E-state index in [1.165, 1.54) is 0 Å². The van der Waals surface area contributed by atoms with Crippen molar-refractivity contribution in [3.63, 3.8) is 0 Å². The minimum atomic E-state index is -0.730. The monoisotopic (exact) mass is 538 g/mol. The van der Waals surface area contributed by atoms with E-state index in [9.17, 15) is 19.6 Å². The zero-order valence-corrected chi connectivity index (χ0v) is 22.7. The average Bonchev–Trinajstić information content (AvgIpc) is 2.98. The van der Waals surface area contributed by atoms with Crippen LogP contribution in [0.2, 0.25) is 0 Å². The number of morpholine rings is 1. The quantitative estimate of drug-likeness (QED) is 0.161. The Morgan fingerprint density at radius 2 is 1.40 bits per heavy atom. The first kappa shape index (κ1) is 28.4. The van der Waals surface area contributed by atoms with Gasteiger partial charge in [0.05, 0.1) is 18.8 Å². The summed E-state index contributed by atoms with van der Waals surface area (Å²) in [5.41, 5.74) is 2.10. The van der Waals surface area contributed by atoms with Gasteiger partial charge in [0.1, 0.15) is 6.07 Å². The number of nitriles is 1. The SMILES string of the molecule is CC(=O)O/N=C(\C#N)C(=O)c1ccc(N(c2ccccc2)c2ccc(C(=O)C(C)(C)N3CCOCC3)cc2)cc1. The summed E-state index contributed by atoms with van der Waals surface area (Å²) < 4.78 is 5.45. The van der Waals surface area contributed by atoms with Crippen molar-refractivity contribution in [1.82, 2.24) is 4.90 Å². The van der Waals surface area contributed by atoms with Crippen LogP contribution in [-0.4, -0.2) is 60.0 Å². The first-order valence-corrected chi connectivity index (χ1v) is 12.9. The second kappa shape index (κ2) is 12.5. The molecule has 0 radical (unpaired) electrons. The zero-order valence-electron chi connectivity index (χ0n) is 22.7. The van der Waals surface area contributed by atoms with Crippen LogP contribution >= 0.6 is 0 Å². The molecular weight excluding hydrogens is 508 g/mol. The van der Waals surface area contributed by atoms with Crippen LogP contribution in [0.5, 0.6) is 0 Å². The first-order chi connectivity index (χ1) is 19.2. The molecule has 1 aliphatic heterocycles. The molecule has 0 spiro atoms. The van der Waals surface area contributed by atoms with Crippen LogP contribution in [0.4, 0.5) is 17.1 Å². The minimum Gasteiger partial charge on any atom is -0.379 e. The molecule has 9 nitrogen and oxygen atoms in total. The van der Waals surface area contributed by atoms with E-state index in [0.29, 0.717) is 31.9 Å². The molecule has 1 saturated heterocycles. The number of oxime groups is 1. The maximum absolute atomic E-state index is 13.5. The van der Waals surface area contributed by atoms with Gasteiger partial charge in [0, 0.05) is 48.2 Å². The molecule has 1 heterocycles. The van der Waals surface area contributed by atoms with Gasteiger partial charge < -0.3 is 14.5 Å². The summed E-state index contributed by atoms with van der Waals surface area (Å²) in [5.74, 6) is -1.35. The number of hydrogen-bond donors (Lipinski definition) is 0. The lowest BCUT2D eigenvalue weighted by atomic mass is 9.90. The van der Waals surface area contributed by atoms with Crippen LogP contribution in [0.25, 0.3) is 0 Å². The lowest BCUT2D eigenvalue weighted by Gasteiger charge is -2.39. The lowest BCUT2D eigenvalue weighted by Crippen LogP contribution is -2.54. The number of nitrogens with zero attached hydrogens (tertiary/aromatic N) is 4. The number of para-hydroxylation sites is 1. The highest BCUT2D eigenvalue weighted by Gasteiger charge is 2.36. The topological polar surface area (TPSA) is 112 Å². The molecule has 9 heteroatoms. The van der Waals surface area contributed by atoms with Gasteiger partial charge in [-0.25, -0.2) is 4.79 Å². The Hall–Kier alpha value is -4.65. The summed E-state index contributed by atoms with van der Waals surface area (Å²) in [6.07, 6.45) is 0. The first-order valence-electron chi connectivity index (χ1n) is 12.9. The van der Waals surface area contributed by atoms with E-state index in [0.717, 1.165) is 24.0 Å². The fourth-order valence-corrected chi connectivity index (χ4v) is 4.53. The molecule has 4 rings (SSSR count). The molecule has 0 saturated carbocycles. The molecule has 3 aromatic carbocycles. The largest absolute Gasteiger partial charge is 0.379 e. The van der Waals surface area contributed by atoms with E-state index < -0.39 is 23.0 Å². The van der Waals surface area contributed by atoms with E-state index in [1.54, 1.807) is 30.3 Å². The number of Topliss-reactive ketones (excluding diaryl/α,β-unsaturated/α-hetero) is 2. The molecule has 0 atom stereocenters. The second-order valence-corrected chi connectivity index (χ2v) is 9.72. The van der Waals surface area contributed by atoms with Crippen molar-refractivity contribution < 1.29 is 24.0 Å². The van der Waals surface area contributed by atoms with E-state index >= 15 is 0 Å². The normalized spacial score (nSPS) is 14.2. The summed E-state index contributed by atoms with van der Waals surface area (Å²) in [6.45, 7) is 7.67. The van der Waals surface area contributed by atoms with Crippen LogP contribution in [0.1, 0.15) is 41.5 Å². The highest BCUT2D eigenvalue weighted by Crippen LogP contribution is 2.35. The summed E-state index contributed by atoms with van der Waals surface area (Å²) >= 11 is 0. The van der Waals surface area contributed by atoms with E-state index in [2.05, 4.69) is 14.9 Å². The van der Waals surface area contributed by atoms with Gasteiger partial charge >= 0.3 is 5.97 Å². The molecule has 3 aromatic rings. The third-order valence-corrected chi connectivity index (χ3v) is 6.73. The van der Waals surface area contributed by atoms with Crippen molar-refractivity contribution >= 4 is 40.3 Å². The van der Waals surface area contributed by atoms with Gasteiger partial charge in [-0.3, -0.25) is 14.5 Å². The molecule has 0 aliphatic carbocycles. The van der Waals surface area contributed by atoms with Crippen LogP contribution in [0, 0.1) is 11.3 Å². The van der Waals surface area contributed by atoms with Gasteiger partial charge in [0.25, 0.3) is 0 Å². The fraction of sp³-hybridized carbons (Fsp3) is 0.258. The van der Waals surface area contributed by atoms with Gasteiger partial charge in [0.15, 0.2) is 5.78 Å². The van der Waals surface area contributed by atoms with Crippen LogP contribution < -0.4 is 4.90 Å². The summed E-state index contributed by atoms with van der Waals surface area (Å²) in [4.78, 5) is 45.8. The number of hydrogen-bond acceptors (Lipinski definition) is 9. The molecule has 0 unspecified atom stereocenters. The molecule has 0 aromatic heterocycles. The fourth-order valence-electron chi connectivity index (χ4n) is 4.53. The van der Waals surface area contributed by atoms with E-state index in [4.69, 9.17) is 4.74 Å². The predicted octanol–water partition coefficient (Wildman–Crippen LogP) is 5.08. The average molecular weight is 539 g/mol. The zero-order chi connectivity index (χ0) is 28.7. The minimum absolute atomic E-state index is 0.0405. The third kappa shape index (κ3) is 6.31. The van der Waals surface area contributed by atoms with Gasteiger partial charge in [-0.1, -0.05) is 23.4 Å². The molecule has 0 N–H and O–H groups in total. The highest BCUT2D eigenvalue weighted by atomic mass is 16.7. The van der Waals surface area contributed by atoms with Crippen molar-refractivity contribution in [2.24, 2.45) is 5.16 Å². The Morgan fingerprint density at radius 3 is 1.93 bits per heavy atom. The maximum atomic E-state index is 13.5. The van der Waals surface area contributed by atoms with E-state index in [-0.39, 0.29) is 11.3 Å². The van der Waals surface area contributed by atoms with Crippen molar-refractivity contribution in [2.45, 2.75) is 26.3 Å². The molecular formula is C31H30N4O5. The molecule has 0 bridgehead atoms. The summed E-state index contributed by atoms with van der Waals surface area (Å²) in [6, 6.07) is 25.5. The van der Waals surface area contributed by atoms with Crippen LogP contribution in [0.3, 0.4) is 0 Å². The number of rotatable bonds is 9. The van der Waals surface area contributed by atoms with Gasteiger partial charge in [-0.15, -0.1) is 0 Å². The van der Waals surface area contributed by atoms with Gasteiger partial charge in [0.2, 0.25) is 11.5 Å². The number of carbonyl (C=O) groups is 3. The standard InChI is InChI=1S/C31H30N4O5/c1-22(36)40-33-28(21-32)29(37)23-9-13-26(14-10-23)35(25-7-5-4-6-8-25)27-15-11-24(12-16-27)30(38)31(2,3)34-17-19-39-20-18-34/h4-16H,17-20H2,1-3H3/b33-28+. The van der Waals surface area contributed by atoms with Crippen LogP contribution in [-0.2, 0) is 14.4 Å². The highest BCUT2D eigenvalue weighted by molar-refractivity contribution is 6.51. The number of ketones is 2. The number of anilines is 3. The molecule has 40 heavy (non-hydrogen) atoms. The number of benzene rings is 3. The Kier molecular flexibility index (Phi) is 8.84. The third-order valence-electron chi connectivity index (χ3n) is 6.73. The Balaban J connectivity index is 1.62. The predicted molar refractivity (Wildman–Crippen MR) is 151 cm³/mol. The van der Waals surface area contributed by atoms with Gasteiger partial charge in [-0.2, -0.15) is 5.26 Å². The molecule has 1 aliphatic rings. The Labute approximate surface area is 233 Å². The maximum Gasteiger partial charge on any atom is 0.332 e. The summed E-state index contributed by atoms with van der Waals surface area (Å²) in [5, 5.41) is 12.6. The Morgan fingerprint density at radius 1 is 0.875 bits per heavy atom. The van der Waals surface area contributed by atoms with Crippen LogP contribution in [0.15, 0.2) is 84.0 Å². The smallest absolute Gasteiger partial charge is 0.332 e. The molecule has 0 amide bonds. The van der Waals surface area contributed by atoms with Crippen molar-refractivity contribution in [2.75, 3.05) is 31.2 Å². The molecule has 204 valence electrons. The summed E-state index contributed by atoms with van der Waals surface area (Å²) in [7, 11) is 0. The lowest BCUT2D eigenvalue weighted by molar-refractivity contribution is -0.140. The van der Waals surface area contributed by atoms with Crippen molar-refractivity contribution in [3.05, 3.63) is 90.0 Å². The van der Waals surface area contributed by atoms with E-state index in [1.807, 2.05) is 73.3 Å². The Bertz CT molecular complexity index is 1440. The van der Waals surface area contributed by atoms with Gasteiger partial charge in [-0.05, 0) is 74.5 Å². The number of carbonyl (C=O) groups excluding carboxylic acids is 3.